The van der Waals surface area contributed by atoms with E-state index in [4.69, 9.17) is 4.74 Å². The number of thiophene rings is 1. The van der Waals surface area contributed by atoms with E-state index in [0.29, 0.717) is 32.1 Å². The van der Waals surface area contributed by atoms with E-state index in [1.165, 1.54) is 11.3 Å². The van der Waals surface area contributed by atoms with Crippen LogP contribution in [0.25, 0.3) is 0 Å². The highest BCUT2D eigenvalue weighted by Crippen LogP contribution is 2.20. The Balaban J connectivity index is 1.69. The van der Waals surface area contributed by atoms with E-state index in [9.17, 15) is 4.79 Å². The van der Waals surface area contributed by atoms with Gasteiger partial charge in [-0.1, -0.05) is 19.9 Å². The molecule has 0 aliphatic carbocycles. The van der Waals surface area contributed by atoms with Crippen LogP contribution in [-0.4, -0.2) is 51.2 Å². The normalized spacial score (nSPS) is 19.1. The third-order valence-electron chi connectivity index (χ3n) is 4.43. The molecule has 7 heteroatoms. The summed E-state index contributed by atoms with van der Waals surface area (Å²) in [5, 5.41) is 10.6. The average molecular weight is 348 g/mol. The van der Waals surface area contributed by atoms with Crippen molar-refractivity contribution in [3.05, 3.63) is 34.0 Å². The summed E-state index contributed by atoms with van der Waals surface area (Å²) >= 11 is 1.50. The second-order valence-corrected chi connectivity index (χ2v) is 7.44. The van der Waals surface area contributed by atoms with Crippen LogP contribution in [0.4, 0.5) is 0 Å². The van der Waals surface area contributed by atoms with Gasteiger partial charge in [0.05, 0.1) is 24.6 Å². The summed E-state index contributed by atoms with van der Waals surface area (Å²) in [5.41, 5.74) is 0. The van der Waals surface area contributed by atoms with E-state index in [-0.39, 0.29) is 11.8 Å². The van der Waals surface area contributed by atoms with Crippen molar-refractivity contribution < 1.29 is 9.53 Å². The number of ether oxygens (including phenoxy) is 1. The second kappa shape index (κ2) is 7.55. The van der Waals surface area contributed by atoms with Crippen molar-refractivity contribution in [1.29, 1.82) is 0 Å². The van der Waals surface area contributed by atoms with Crippen molar-refractivity contribution in [3.8, 4) is 0 Å². The standard InChI is InChI=1S/C17H24N4O2S/c1-12(2)17-19-18-16(20(17)3)10-21-6-7-23-11-13(21)9-14(22)15-5-4-8-24-15/h4-5,8,12-13H,6-7,9-11H2,1-3H3/t13-/m0/s1. The molecule has 0 N–H and O–H groups in total. The zero-order valence-electron chi connectivity index (χ0n) is 14.4. The summed E-state index contributed by atoms with van der Waals surface area (Å²) in [6, 6.07) is 3.89. The molecule has 0 aromatic carbocycles. The van der Waals surface area contributed by atoms with Crippen molar-refractivity contribution >= 4 is 17.1 Å². The van der Waals surface area contributed by atoms with Crippen LogP contribution in [0.1, 0.15) is 47.5 Å². The number of morpholine rings is 1. The Labute approximate surface area is 146 Å². The molecule has 1 fully saturated rings. The fourth-order valence-electron chi connectivity index (χ4n) is 3.03. The number of hydrogen-bond acceptors (Lipinski definition) is 6. The van der Waals surface area contributed by atoms with Crippen LogP contribution in [0.3, 0.4) is 0 Å². The number of hydrogen-bond donors (Lipinski definition) is 0. The Morgan fingerprint density at radius 1 is 1.46 bits per heavy atom. The fourth-order valence-corrected chi connectivity index (χ4v) is 3.71. The first-order valence-electron chi connectivity index (χ1n) is 8.33. The molecule has 1 aliphatic rings. The third-order valence-corrected chi connectivity index (χ3v) is 5.34. The number of Topliss-reactive ketones (excluding diaryl/α,β-unsaturated/α-hetero) is 1. The van der Waals surface area contributed by atoms with E-state index in [1.54, 1.807) is 0 Å². The molecule has 0 spiro atoms. The van der Waals surface area contributed by atoms with Gasteiger partial charge in [-0.05, 0) is 11.4 Å². The molecule has 0 bridgehead atoms. The highest BCUT2D eigenvalue weighted by Gasteiger charge is 2.27. The highest BCUT2D eigenvalue weighted by atomic mass is 32.1. The number of rotatable bonds is 6. The molecule has 1 saturated heterocycles. The first-order valence-corrected chi connectivity index (χ1v) is 9.21. The molecule has 3 heterocycles. The van der Waals surface area contributed by atoms with Crippen LogP contribution in [0.2, 0.25) is 0 Å². The van der Waals surface area contributed by atoms with Crippen LogP contribution >= 0.6 is 11.3 Å². The van der Waals surface area contributed by atoms with Gasteiger partial charge >= 0.3 is 0 Å². The van der Waals surface area contributed by atoms with Gasteiger partial charge in [-0.15, -0.1) is 21.5 Å². The van der Waals surface area contributed by atoms with Crippen LogP contribution in [0.15, 0.2) is 17.5 Å². The minimum atomic E-state index is 0.0903. The molecule has 2 aromatic heterocycles. The summed E-state index contributed by atoms with van der Waals surface area (Å²) in [6.45, 7) is 7.02. The SMILES string of the molecule is CC(C)c1nnc(CN2CCOC[C@@H]2CC(=O)c2cccs2)n1C. The molecule has 1 aliphatic heterocycles. The Hall–Kier alpha value is -1.57. The highest BCUT2D eigenvalue weighted by molar-refractivity contribution is 7.12. The lowest BCUT2D eigenvalue weighted by Crippen LogP contribution is -2.46. The Morgan fingerprint density at radius 2 is 2.29 bits per heavy atom. The first kappa shape index (κ1) is 17.3. The second-order valence-electron chi connectivity index (χ2n) is 6.49. The summed E-state index contributed by atoms with van der Waals surface area (Å²) in [4.78, 5) is 15.5. The van der Waals surface area contributed by atoms with Gasteiger partial charge in [0, 0.05) is 32.0 Å². The number of ketones is 1. The fraction of sp³-hybridized carbons (Fsp3) is 0.588. The molecule has 0 amide bonds. The van der Waals surface area contributed by atoms with Crippen LogP contribution in [0.5, 0.6) is 0 Å². The van der Waals surface area contributed by atoms with Gasteiger partial charge in [0.1, 0.15) is 11.6 Å². The molecule has 3 rings (SSSR count). The summed E-state index contributed by atoms with van der Waals surface area (Å²) in [5.74, 6) is 2.46. The maximum Gasteiger partial charge on any atom is 0.174 e. The van der Waals surface area contributed by atoms with E-state index in [0.717, 1.165) is 23.1 Å². The van der Waals surface area contributed by atoms with Crippen molar-refractivity contribution in [2.45, 2.75) is 38.8 Å². The number of carbonyl (C=O) groups excluding carboxylic acids is 1. The van der Waals surface area contributed by atoms with Gasteiger partial charge in [0.25, 0.3) is 0 Å². The monoisotopic (exact) mass is 348 g/mol. The van der Waals surface area contributed by atoms with Gasteiger partial charge in [0.15, 0.2) is 5.78 Å². The Kier molecular flexibility index (Phi) is 5.43. The smallest absolute Gasteiger partial charge is 0.174 e. The summed E-state index contributed by atoms with van der Waals surface area (Å²) < 4.78 is 7.68. The molecule has 2 aromatic rings. The lowest BCUT2D eigenvalue weighted by atomic mass is 10.1. The molecule has 0 saturated carbocycles. The average Bonchev–Trinajstić information content (AvgIpc) is 3.20. The third kappa shape index (κ3) is 3.74. The number of nitrogens with zero attached hydrogens (tertiary/aromatic N) is 4. The molecule has 0 unspecified atom stereocenters. The quantitative estimate of drug-likeness (QED) is 0.751. The molecular weight excluding hydrogens is 324 g/mol. The number of aromatic nitrogens is 3. The van der Waals surface area contributed by atoms with Crippen LogP contribution in [0, 0.1) is 0 Å². The van der Waals surface area contributed by atoms with Gasteiger partial charge in [0.2, 0.25) is 0 Å². The minimum absolute atomic E-state index is 0.0903. The molecule has 1 atom stereocenters. The summed E-state index contributed by atoms with van der Waals surface area (Å²) in [6.07, 6.45) is 0.482. The molecule has 6 nitrogen and oxygen atoms in total. The van der Waals surface area contributed by atoms with Crippen LogP contribution in [-0.2, 0) is 18.3 Å². The maximum atomic E-state index is 12.4. The van der Waals surface area contributed by atoms with Crippen molar-refractivity contribution in [3.63, 3.8) is 0 Å². The predicted octanol–water partition coefficient (Wildman–Crippen LogP) is 2.47. The summed E-state index contributed by atoms with van der Waals surface area (Å²) in [7, 11) is 2.01. The van der Waals surface area contributed by atoms with Crippen molar-refractivity contribution in [1.82, 2.24) is 19.7 Å². The Bertz CT molecular complexity index is 681. The Morgan fingerprint density at radius 3 is 2.96 bits per heavy atom. The molecular formula is C17H24N4O2S. The predicted molar refractivity (Wildman–Crippen MR) is 93.4 cm³/mol. The zero-order valence-corrected chi connectivity index (χ0v) is 15.3. The maximum absolute atomic E-state index is 12.4. The minimum Gasteiger partial charge on any atom is -0.378 e. The van der Waals surface area contributed by atoms with Gasteiger partial charge in [-0.25, -0.2) is 0 Å². The van der Waals surface area contributed by atoms with E-state index in [1.807, 2.05) is 24.6 Å². The largest absolute Gasteiger partial charge is 0.378 e. The molecule has 0 radical (unpaired) electrons. The van der Waals surface area contributed by atoms with Gasteiger partial charge < -0.3 is 9.30 Å². The van der Waals surface area contributed by atoms with Crippen LogP contribution < -0.4 is 0 Å². The topological polar surface area (TPSA) is 60.2 Å². The van der Waals surface area contributed by atoms with Crippen molar-refractivity contribution in [2.75, 3.05) is 19.8 Å². The number of carbonyl (C=O) groups is 1. The molecule has 24 heavy (non-hydrogen) atoms. The molecule has 130 valence electrons. The van der Waals surface area contributed by atoms with Crippen molar-refractivity contribution in [2.24, 2.45) is 7.05 Å². The zero-order chi connectivity index (χ0) is 17.1. The lowest BCUT2D eigenvalue weighted by molar-refractivity contribution is -0.0140. The van der Waals surface area contributed by atoms with Gasteiger partial charge in [-0.3, -0.25) is 9.69 Å². The first-order chi connectivity index (χ1) is 11.6. The van der Waals surface area contributed by atoms with E-state index >= 15 is 0 Å². The van der Waals surface area contributed by atoms with E-state index < -0.39 is 0 Å². The lowest BCUT2D eigenvalue weighted by Gasteiger charge is -2.34. The van der Waals surface area contributed by atoms with Gasteiger partial charge in [-0.2, -0.15) is 0 Å². The van der Waals surface area contributed by atoms with E-state index in [2.05, 4.69) is 33.5 Å².